The first-order valence-electron chi connectivity index (χ1n) is 11.2. The van der Waals surface area contributed by atoms with Gasteiger partial charge in [0.1, 0.15) is 12.1 Å². The van der Waals surface area contributed by atoms with Gasteiger partial charge in [0.25, 0.3) is 0 Å². The van der Waals surface area contributed by atoms with Gasteiger partial charge in [-0.2, -0.15) is 0 Å². The van der Waals surface area contributed by atoms with Crippen LogP contribution in [0.25, 0.3) is 0 Å². The number of nitrogens with one attached hydrogen (secondary N) is 1. The van der Waals surface area contributed by atoms with Gasteiger partial charge in [-0.15, -0.1) is 0 Å². The number of halogens is 1. The van der Waals surface area contributed by atoms with Gasteiger partial charge < -0.3 is 26.0 Å². The van der Waals surface area contributed by atoms with Crippen molar-refractivity contribution < 1.29 is 9.90 Å². The fourth-order valence-corrected chi connectivity index (χ4v) is 4.83. The minimum absolute atomic E-state index is 0.105. The average Bonchev–Trinajstić information content (AvgIpc) is 3.11. The SMILES string of the molecule is C[C@@H]1CC(O)c2ncnc(N3CCN(C(=O)[C@H](CNCCN)c4ccc(Cl)cc4)CC3)c21. The van der Waals surface area contributed by atoms with E-state index in [-0.39, 0.29) is 17.7 Å². The first-order chi connectivity index (χ1) is 15.5. The Labute approximate surface area is 193 Å². The number of rotatable bonds is 7. The second-order valence-electron chi connectivity index (χ2n) is 8.56. The molecule has 1 aliphatic heterocycles. The number of fused-ring (bicyclic) bond motifs is 1. The molecule has 1 saturated heterocycles. The van der Waals surface area contributed by atoms with E-state index < -0.39 is 6.10 Å². The Hall–Kier alpha value is -2.26. The van der Waals surface area contributed by atoms with Crippen molar-refractivity contribution in [3.8, 4) is 0 Å². The van der Waals surface area contributed by atoms with E-state index in [1.165, 1.54) is 6.33 Å². The lowest BCUT2D eigenvalue weighted by Gasteiger charge is -2.38. The third-order valence-electron chi connectivity index (χ3n) is 6.41. The molecule has 1 aromatic heterocycles. The summed E-state index contributed by atoms with van der Waals surface area (Å²) in [6, 6.07) is 7.48. The molecule has 0 bridgehead atoms. The average molecular weight is 459 g/mol. The topological polar surface area (TPSA) is 108 Å². The van der Waals surface area contributed by atoms with Crippen LogP contribution in [0.1, 0.15) is 48.1 Å². The maximum absolute atomic E-state index is 13.4. The zero-order valence-electron chi connectivity index (χ0n) is 18.4. The first-order valence-corrected chi connectivity index (χ1v) is 11.6. The second-order valence-corrected chi connectivity index (χ2v) is 8.99. The van der Waals surface area contributed by atoms with Crippen LogP contribution in [-0.4, -0.2) is 71.7 Å². The first kappa shape index (κ1) is 22.9. The Bertz CT molecular complexity index is 933. The number of aliphatic hydroxyl groups is 1. The molecule has 1 amide bonds. The molecule has 1 aliphatic carbocycles. The number of hydrogen-bond donors (Lipinski definition) is 3. The van der Waals surface area contributed by atoms with Crippen LogP contribution in [0.4, 0.5) is 5.82 Å². The van der Waals surface area contributed by atoms with Crippen LogP contribution in [0.5, 0.6) is 0 Å². The number of hydrogen-bond acceptors (Lipinski definition) is 7. The lowest BCUT2D eigenvalue weighted by atomic mass is 9.97. The molecule has 32 heavy (non-hydrogen) atoms. The molecule has 1 fully saturated rings. The van der Waals surface area contributed by atoms with Gasteiger partial charge in [0, 0.05) is 56.4 Å². The summed E-state index contributed by atoms with van der Waals surface area (Å²) in [6.07, 6.45) is 1.69. The predicted octanol–water partition coefficient (Wildman–Crippen LogP) is 1.65. The molecule has 3 atom stereocenters. The molecule has 2 aliphatic rings. The van der Waals surface area contributed by atoms with Crippen LogP contribution in [-0.2, 0) is 4.79 Å². The molecule has 2 aromatic rings. The van der Waals surface area contributed by atoms with Crippen molar-refractivity contribution in [2.24, 2.45) is 5.73 Å². The molecule has 172 valence electrons. The zero-order chi connectivity index (χ0) is 22.7. The summed E-state index contributed by atoms with van der Waals surface area (Å²) in [5.41, 5.74) is 8.35. The lowest BCUT2D eigenvalue weighted by Crippen LogP contribution is -2.51. The number of aromatic nitrogens is 2. The molecule has 4 rings (SSSR count). The number of carbonyl (C=O) groups excluding carboxylic acids is 1. The highest BCUT2D eigenvalue weighted by Crippen LogP contribution is 2.42. The molecular weight excluding hydrogens is 428 g/mol. The van der Waals surface area contributed by atoms with Crippen molar-refractivity contribution in [1.29, 1.82) is 0 Å². The van der Waals surface area contributed by atoms with Crippen LogP contribution in [0, 0.1) is 0 Å². The number of nitrogens with two attached hydrogens (primary N) is 1. The number of anilines is 1. The Balaban J connectivity index is 1.46. The van der Waals surface area contributed by atoms with Crippen LogP contribution in [0.15, 0.2) is 30.6 Å². The summed E-state index contributed by atoms with van der Waals surface area (Å²) < 4.78 is 0. The van der Waals surface area contributed by atoms with E-state index in [9.17, 15) is 9.90 Å². The smallest absolute Gasteiger partial charge is 0.231 e. The molecule has 1 unspecified atom stereocenters. The van der Waals surface area contributed by atoms with Crippen LogP contribution in [0.3, 0.4) is 0 Å². The summed E-state index contributed by atoms with van der Waals surface area (Å²) in [4.78, 5) is 26.4. The molecular formula is C23H31ClN6O2. The largest absolute Gasteiger partial charge is 0.387 e. The van der Waals surface area contributed by atoms with Crippen molar-refractivity contribution in [2.75, 3.05) is 50.7 Å². The fraction of sp³-hybridized carbons (Fsp3) is 0.522. The van der Waals surface area contributed by atoms with Crippen LogP contribution < -0.4 is 16.0 Å². The summed E-state index contributed by atoms with van der Waals surface area (Å²) in [5.74, 6) is 0.931. The van der Waals surface area contributed by atoms with Gasteiger partial charge in [0.05, 0.1) is 17.7 Å². The van der Waals surface area contributed by atoms with Gasteiger partial charge in [-0.1, -0.05) is 30.7 Å². The minimum Gasteiger partial charge on any atom is -0.387 e. The molecule has 0 radical (unpaired) electrons. The van der Waals surface area contributed by atoms with Gasteiger partial charge in [-0.25, -0.2) is 9.97 Å². The lowest BCUT2D eigenvalue weighted by molar-refractivity contribution is -0.133. The van der Waals surface area contributed by atoms with Gasteiger partial charge in [0.2, 0.25) is 5.91 Å². The molecule has 8 nitrogen and oxygen atoms in total. The van der Waals surface area contributed by atoms with E-state index in [1.54, 1.807) is 0 Å². The summed E-state index contributed by atoms with van der Waals surface area (Å²) in [6.45, 7) is 6.46. The van der Waals surface area contributed by atoms with Gasteiger partial charge in [-0.05, 0) is 30.0 Å². The Morgan fingerprint density at radius 2 is 1.97 bits per heavy atom. The van der Waals surface area contributed by atoms with Crippen molar-refractivity contribution in [1.82, 2.24) is 20.2 Å². The Morgan fingerprint density at radius 1 is 1.25 bits per heavy atom. The molecule has 0 saturated carbocycles. The molecule has 4 N–H and O–H groups in total. The standard InChI is InChI=1S/C23H31ClN6O2/c1-15-12-19(31)21-20(15)22(28-14-27-21)29-8-10-30(11-9-29)23(32)18(13-26-7-6-25)16-2-4-17(24)5-3-16/h2-5,14-15,18-19,26,31H,6-13,25H2,1H3/t15-,18-,19?/m1/s1. The summed E-state index contributed by atoms with van der Waals surface area (Å²) in [5, 5.41) is 14.2. The number of amides is 1. The van der Waals surface area contributed by atoms with E-state index in [2.05, 4.69) is 27.1 Å². The van der Waals surface area contributed by atoms with Crippen molar-refractivity contribution in [2.45, 2.75) is 31.3 Å². The molecule has 2 heterocycles. The number of piperazine rings is 1. The highest BCUT2D eigenvalue weighted by atomic mass is 35.5. The second kappa shape index (κ2) is 10.1. The monoisotopic (exact) mass is 458 g/mol. The van der Waals surface area contributed by atoms with Crippen LogP contribution in [0.2, 0.25) is 5.02 Å². The highest BCUT2D eigenvalue weighted by Gasteiger charge is 2.35. The number of carbonyl (C=O) groups is 1. The van der Waals surface area contributed by atoms with Crippen molar-refractivity contribution in [3.05, 3.63) is 52.4 Å². The normalized spacial score (nSPS) is 21.5. The third-order valence-corrected chi connectivity index (χ3v) is 6.66. The van der Waals surface area contributed by atoms with E-state index >= 15 is 0 Å². The zero-order valence-corrected chi connectivity index (χ0v) is 19.1. The van der Waals surface area contributed by atoms with Gasteiger partial charge in [0.15, 0.2) is 0 Å². The minimum atomic E-state index is -0.522. The van der Waals surface area contributed by atoms with E-state index in [0.29, 0.717) is 57.3 Å². The van der Waals surface area contributed by atoms with Gasteiger partial charge in [-0.3, -0.25) is 4.79 Å². The van der Waals surface area contributed by atoms with Crippen molar-refractivity contribution in [3.63, 3.8) is 0 Å². The fourth-order valence-electron chi connectivity index (χ4n) is 4.70. The quantitative estimate of drug-likeness (QED) is 0.541. The number of benzene rings is 1. The number of nitrogens with zero attached hydrogens (tertiary/aromatic N) is 4. The van der Waals surface area contributed by atoms with Gasteiger partial charge >= 0.3 is 0 Å². The predicted molar refractivity (Wildman–Crippen MR) is 125 cm³/mol. The maximum atomic E-state index is 13.4. The van der Waals surface area contributed by atoms with E-state index in [1.807, 2.05) is 29.2 Å². The number of aliphatic hydroxyl groups excluding tert-OH is 1. The van der Waals surface area contributed by atoms with Crippen LogP contribution >= 0.6 is 11.6 Å². The third kappa shape index (κ3) is 4.73. The van der Waals surface area contributed by atoms with E-state index in [0.717, 1.165) is 22.6 Å². The summed E-state index contributed by atoms with van der Waals surface area (Å²) in [7, 11) is 0. The van der Waals surface area contributed by atoms with Crippen molar-refractivity contribution >= 4 is 23.3 Å². The molecule has 9 heteroatoms. The Kier molecular flexibility index (Phi) is 7.25. The summed E-state index contributed by atoms with van der Waals surface area (Å²) >= 11 is 6.05. The Morgan fingerprint density at radius 3 is 2.66 bits per heavy atom. The molecule has 1 aromatic carbocycles. The highest BCUT2D eigenvalue weighted by molar-refractivity contribution is 6.30. The maximum Gasteiger partial charge on any atom is 0.231 e. The van der Waals surface area contributed by atoms with E-state index in [4.69, 9.17) is 17.3 Å². The molecule has 0 spiro atoms.